The highest BCUT2D eigenvalue weighted by Crippen LogP contribution is 2.45. The number of thioether (sulfide) groups is 1. The highest BCUT2D eigenvalue weighted by atomic mass is 32.2. The first-order valence-corrected chi connectivity index (χ1v) is 20.9. The highest BCUT2D eigenvalue weighted by molar-refractivity contribution is 7.99. The number of carbonyl (C=O) groups excluding carboxylic acids is 2. The Morgan fingerprint density at radius 1 is 0.732 bits per heavy atom. The van der Waals surface area contributed by atoms with Crippen LogP contribution in [0.4, 0.5) is 4.79 Å². The molecule has 8 nitrogen and oxygen atoms in total. The molecule has 1 heterocycles. The van der Waals surface area contributed by atoms with Crippen molar-refractivity contribution in [1.29, 1.82) is 0 Å². The van der Waals surface area contributed by atoms with Crippen molar-refractivity contribution >= 4 is 23.9 Å². The van der Waals surface area contributed by atoms with Crippen LogP contribution in [0.25, 0.3) is 11.1 Å². The lowest BCUT2D eigenvalue weighted by molar-refractivity contribution is -0.227. The molecule has 1 saturated heterocycles. The minimum Gasteiger partial charge on any atom is -0.452 e. The zero-order chi connectivity index (χ0) is 39.7. The number of aryl methyl sites for hydroxylation is 1. The molecule has 0 aromatic heterocycles. The van der Waals surface area contributed by atoms with Crippen LogP contribution < -0.4 is 0 Å². The summed E-state index contributed by atoms with van der Waals surface area (Å²) in [6, 6.07) is 31.7. The molecule has 1 aliphatic carbocycles. The summed E-state index contributed by atoms with van der Waals surface area (Å²) in [7, 11) is 0. The molecule has 0 bridgehead atoms. The van der Waals surface area contributed by atoms with Gasteiger partial charge in [0.05, 0.1) is 12.2 Å². The van der Waals surface area contributed by atoms with Gasteiger partial charge in [-0.25, -0.2) is 9.59 Å². The van der Waals surface area contributed by atoms with Gasteiger partial charge in [-0.3, -0.25) is 0 Å². The van der Waals surface area contributed by atoms with E-state index in [9.17, 15) is 9.59 Å². The van der Waals surface area contributed by atoms with Crippen molar-refractivity contribution in [3.05, 3.63) is 125 Å². The Hall–Kier alpha value is -4.15. The van der Waals surface area contributed by atoms with Crippen molar-refractivity contribution in [3.8, 4) is 11.1 Å². The predicted molar refractivity (Wildman–Crippen MR) is 220 cm³/mol. The number of benzene rings is 4. The smallest absolute Gasteiger partial charge is 0.452 e. The van der Waals surface area contributed by atoms with Gasteiger partial charge in [0, 0.05) is 24.0 Å². The summed E-state index contributed by atoms with van der Waals surface area (Å²) in [5.74, 6) is -0.665. The molecule has 0 saturated carbocycles. The molecule has 0 spiro atoms. The molecule has 2 aliphatic rings. The Kier molecular flexibility index (Phi) is 14.3. The minimum absolute atomic E-state index is 0.0843. The van der Waals surface area contributed by atoms with E-state index in [2.05, 4.69) is 84.0 Å². The SMILES string of the molecule is CCCCOCC1O[C@@H](Sc2cc(C(C)(C)C)ccc2C)[C@@H](OC(=O)c2ccccc2)C(OCCCC)[C@@H]1OC(=O)OCC1c2ccccc2-c2ccccc21. The summed E-state index contributed by atoms with van der Waals surface area (Å²) >= 11 is 1.49. The first-order chi connectivity index (χ1) is 27.1. The van der Waals surface area contributed by atoms with E-state index in [4.69, 9.17) is 28.4 Å². The van der Waals surface area contributed by atoms with Gasteiger partial charge >= 0.3 is 12.1 Å². The summed E-state index contributed by atoms with van der Waals surface area (Å²) < 4.78 is 38.2. The quantitative estimate of drug-likeness (QED) is 0.0814. The van der Waals surface area contributed by atoms with E-state index in [1.54, 1.807) is 24.3 Å². The third-order valence-electron chi connectivity index (χ3n) is 10.4. The molecule has 56 heavy (non-hydrogen) atoms. The maximum Gasteiger partial charge on any atom is 0.508 e. The standard InChI is InChI=1S/C47H56O8S/c1-7-9-26-50-30-39-41(55-46(49)52-29-38-36-22-16-14-20-34(36)35-21-15-17-23-37(35)38)42(51-27-10-8-2)43(54-44(48)32-18-12-11-13-19-32)45(53-39)56-40-28-33(47(4,5)6)25-24-31(40)3/h11-25,28,38-39,41-43,45H,7-10,26-27,29-30H2,1-6H3/t39?,41-,42?,43+,45+/m1/s1. The number of fused-ring (bicyclic) bond motifs is 3. The highest BCUT2D eigenvalue weighted by Gasteiger charge is 2.52. The lowest BCUT2D eigenvalue weighted by Crippen LogP contribution is -2.61. The number of esters is 1. The second-order valence-corrected chi connectivity index (χ2v) is 16.8. The van der Waals surface area contributed by atoms with Gasteiger partial charge in [0.25, 0.3) is 0 Å². The number of unbranched alkanes of at least 4 members (excludes halogenated alkanes) is 2. The van der Waals surface area contributed by atoms with Crippen LogP contribution in [0.15, 0.2) is 102 Å². The maximum atomic E-state index is 13.9. The van der Waals surface area contributed by atoms with Gasteiger partial charge in [0.15, 0.2) is 12.2 Å². The predicted octanol–water partition coefficient (Wildman–Crippen LogP) is 10.7. The summed E-state index contributed by atoms with van der Waals surface area (Å²) in [6.07, 6.45) is -0.954. The van der Waals surface area contributed by atoms with E-state index in [1.165, 1.54) is 17.3 Å². The molecular formula is C47H56O8S. The second kappa shape index (κ2) is 19.3. The summed E-state index contributed by atoms with van der Waals surface area (Å²) in [5, 5.41) is 0. The van der Waals surface area contributed by atoms with Gasteiger partial charge in [-0.05, 0) is 76.8 Å². The average Bonchev–Trinajstić information content (AvgIpc) is 3.52. The van der Waals surface area contributed by atoms with Gasteiger partial charge in [-0.15, -0.1) is 0 Å². The molecule has 1 fully saturated rings. The van der Waals surface area contributed by atoms with E-state index in [-0.39, 0.29) is 24.5 Å². The van der Waals surface area contributed by atoms with Gasteiger partial charge in [0.1, 0.15) is 24.3 Å². The van der Waals surface area contributed by atoms with E-state index < -0.39 is 42.0 Å². The van der Waals surface area contributed by atoms with E-state index in [0.717, 1.165) is 58.4 Å². The molecule has 6 rings (SSSR count). The molecule has 2 unspecified atom stereocenters. The molecule has 4 aromatic rings. The molecule has 1 aliphatic heterocycles. The summed E-state index contributed by atoms with van der Waals surface area (Å²) in [6.45, 7) is 13.9. The van der Waals surface area contributed by atoms with Crippen LogP contribution in [0.2, 0.25) is 0 Å². The number of hydrogen-bond donors (Lipinski definition) is 0. The molecule has 0 N–H and O–H groups in total. The summed E-state index contributed by atoms with van der Waals surface area (Å²) in [4.78, 5) is 28.7. The van der Waals surface area contributed by atoms with Crippen molar-refractivity contribution in [2.45, 2.75) is 113 Å². The molecule has 4 aromatic carbocycles. The Labute approximate surface area is 336 Å². The first-order valence-electron chi connectivity index (χ1n) is 20.0. The summed E-state index contributed by atoms with van der Waals surface area (Å²) in [5.41, 5.74) is 6.30. The number of ether oxygens (including phenoxy) is 6. The van der Waals surface area contributed by atoms with Crippen molar-refractivity contribution in [3.63, 3.8) is 0 Å². The monoisotopic (exact) mass is 780 g/mol. The third-order valence-corrected chi connectivity index (χ3v) is 11.7. The molecule has 0 amide bonds. The van der Waals surface area contributed by atoms with Gasteiger partial charge in [-0.2, -0.15) is 0 Å². The normalized spacial score (nSPS) is 20.6. The van der Waals surface area contributed by atoms with Gasteiger partial charge in [-0.1, -0.05) is 138 Å². The Balaban J connectivity index is 1.32. The second-order valence-electron chi connectivity index (χ2n) is 15.6. The molecule has 298 valence electrons. The van der Waals surface area contributed by atoms with E-state index in [1.807, 2.05) is 30.3 Å². The minimum atomic E-state index is -1.00. The largest absolute Gasteiger partial charge is 0.508 e. The van der Waals surface area contributed by atoms with Crippen molar-refractivity contribution in [2.75, 3.05) is 26.4 Å². The van der Waals surface area contributed by atoms with Crippen LogP contribution >= 0.6 is 11.8 Å². The lowest BCUT2D eigenvalue weighted by Gasteiger charge is -2.45. The van der Waals surface area contributed by atoms with Crippen molar-refractivity contribution in [1.82, 2.24) is 0 Å². The van der Waals surface area contributed by atoms with Gasteiger partial charge in [0.2, 0.25) is 0 Å². The van der Waals surface area contributed by atoms with E-state index in [0.29, 0.717) is 18.8 Å². The van der Waals surface area contributed by atoms with Crippen LogP contribution in [0.1, 0.15) is 98.8 Å². The lowest BCUT2D eigenvalue weighted by atomic mass is 9.87. The van der Waals surface area contributed by atoms with Crippen molar-refractivity contribution < 1.29 is 38.0 Å². The number of rotatable bonds is 16. The fourth-order valence-electron chi connectivity index (χ4n) is 7.19. The Morgan fingerprint density at radius 2 is 1.38 bits per heavy atom. The van der Waals surface area contributed by atoms with Gasteiger partial charge < -0.3 is 28.4 Å². The fourth-order valence-corrected chi connectivity index (χ4v) is 8.44. The molecule has 0 radical (unpaired) electrons. The Bertz CT molecular complexity index is 1860. The van der Waals surface area contributed by atoms with Crippen LogP contribution in [0.3, 0.4) is 0 Å². The zero-order valence-corrected chi connectivity index (χ0v) is 34.3. The third kappa shape index (κ3) is 10.0. The van der Waals surface area contributed by atoms with Crippen LogP contribution in [0, 0.1) is 6.92 Å². The average molecular weight is 781 g/mol. The van der Waals surface area contributed by atoms with Crippen molar-refractivity contribution in [2.24, 2.45) is 0 Å². The maximum absolute atomic E-state index is 13.9. The number of carbonyl (C=O) groups is 2. The topological polar surface area (TPSA) is 89.5 Å². The van der Waals surface area contributed by atoms with E-state index >= 15 is 0 Å². The van der Waals surface area contributed by atoms with Crippen LogP contribution in [-0.2, 0) is 33.8 Å². The Morgan fingerprint density at radius 3 is 2.04 bits per heavy atom. The first kappa shape index (κ1) is 41.5. The fraction of sp³-hybridized carbons (Fsp3) is 0.447. The van der Waals surface area contributed by atoms with Crippen LogP contribution in [0.5, 0.6) is 0 Å². The molecular weight excluding hydrogens is 725 g/mol. The zero-order valence-electron chi connectivity index (χ0n) is 33.5. The number of hydrogen-bond acceptors (Lipinski definition) is 9. The molecule has 9 heteroatoms. The van der Waals surface area contributed by atoms with Crippen LogP contribution in [-0.4, -0.2) is 68.4 Å². The molecule has 5 atom stereocenters.